The Hall–Kier alpha value is -1.83. The maximum atomic E-state index is 12.7. The molecule has 0 aromatic rings. The minimum absolute atomic E-state index is 0.0715. The average molecular weight is 290 g/mol. The molecular formula is C16H22N2O3. The molecule has 5 heteroatoms. The van der Waals surface area contributed by atoms with Crippen LogP contribution in [0.1, 0.15) is 39.5 Å². The summed E-state index contributed by atoms with van der Waals surface area (Å²) < 4.78 is 0. The van der Waals surface area contributed by atoms with Crippen molar-refractivity contribution >= 4 is 11.9 Å². The van der Waals surface area contributed by atoms with Crippen molar-refractivity contribution in [2.24, 2.45) is 16.7 Å². The number of carbonyl (C=O) groups is 2. The Morgan fingerprint density at radius 3 is 2.52 bits per heavy atom. The Bertz CT molecular complexity index is 508. The fraction of sp³-hybridized carbons (Fsp3) is 0.688. The fourth-order valence-electron chi connectivity index (χ4n) is 3.19. The number of aliphatic carboxylic acids is 1. The third-order valence-corrected chi connectivity index (χ3v) is 5.00. The van der Waals surface area contributed by atoms with E-state index in [1.54, 1.807) is 18.7 Å². The Labute approximate surface area is 125 Å². The molecule has 114 valence electrons. The lowest BCUT2D eigenvalue weighted by Crippen LogP contribution is -2.50. The zero-order valence-electron chi connectivity index (χ0n) is 12.6. The molecule has 1 heterocycles. The molecule has 0 saturated carbocycles. The molecule has 1 aliphatic heterocycles. The van der Waals surface area contributed by atoms with Crippen LogP contribution in [0.5, 0.6) is 0 Å². The van der Waals surface area contributed by atoms with E-state index >= 15 is 0 Å². The Morgan fingerprint density at radius 2 is 2.00 bits per heavy atom. The highest BCUT2D eigenvalue weighted by Gasteiger charge is 2.45. The Balaban J connectivity index is 2.13. The Morgan fingerprint density at radius 1 is 1.38 bits per heavy atom. The quantitative estimate of drug-likeness (QED) is 0.808. The molecule has 1 amide bonds. The largest absolute Gasteiger partial charge is 0.481 e. The summed E-state index contributed by atoms with van der Waals surface area (Å²) in [6.45, 7) is 4.48. The highest BCUT2D eigenvalue weighted by Crippen LogP contribution is 2.39. The molecule has 1 atom stereocenters. The second-order valence-electron chi connectivity index (χ2n) is 6.69. The van der Waals surface area contributed by atoms with Crippen molar-refractivity contribution in [1.29, 1.82) is 5.26 Å². The van der Waals surface area contributed by atoms with Gasteiger partial charge in [0.25, 0.3) is 0 Å². The summed E-state index contributed by atoms with van der Waals surface area (Å²) in [5, 5.41) is 18.8. The molecule has 2 rings (SSSR count). The highest BCUT2D eigenvalue weighted by atomic mass is 16.4. The van der Waals surface area contributed by atoms with Gasteiger partial charge < -0.3 is 10.0 Å². The van der Waals surface area contributed by atoms with Crippen molar-refractivity contribution in [3.63, 3.8) is 0 Å². The molecule has 0 radical (unpaired) electrons. The number of carboxylic acid groups (broad SMARTS) is 1. The fourth-order valence-corrected chi connectivity index (χ4v) is 3.19. The normalized spacial score (nSPS) is 24.6. The van der Waals surface area contributed by atoms with Gasteiger partial charge in [0.2, 0.25) is 5.91 Å². The van der Waals surface area contributed by atoms with Crippen LogP contribution in [0.3, 0.4) is 0 Å². The van der Waals surface area contributed by atoms with Gasteiger partial charge in [0.1, 0.15) is 5.41 Å². The second kappa shape index (κ2) is 5.51. The van der Waals surface area contributed by atoms with Crippen molar-refractivity contribution in [2.75, 3.05) is 13.1 Å². The average Bonchev–Trinajstić information content (AvgIpc) is 2.96. The molecule has 2 aliphatic rings. The maximum Gasteiger partial charge on any atom is 0.309 e. The molecule has 0 spiro atoms. The SMILES string of the molecule is CC(C)(C(=O)O)C1CCCN(C(=O)C2(C#N)CC=CC2)C1. The van der Waals surface area contributed by atoms with Crippen molar-refractivity contribution in [2.45, 2.75) is 39.5 Å². The van der Waals surface area contributed by atoms with Gasteiger partial charge in [-0.2, -0.15) is 5.26 Å². The predicted octanol–water partition coefficient (Wildman–Crippen LogP) is 2.20. The number of amides is 1. The summed E-state index contributed by atoms with van der Waals surface area (Å²) >= 11 is 0. The first kappa shape index (κ1) is 15.6. The molecule has 0 bridgehead atoms. The number of likely N-dealkylation sites (tertiary alicyclic amines) is 1. The second-order valence-corrected chi connectivity index (χ2v) is 6.69. The van der Waals surface area contributed by atoms with E-state index < -0.39 is 16.8 Å². The summed E-state index contributed by atoms with van der Waals surface area (Å²) in [6.07, 6.45) is 6.29. The van der Waals surface area contributed by atoms with Crippen LogP contribution in [0.25, 0.3) is 0 Å². The van der Waals surface area contributed by atoms with E-state index in [0.29, 0.717) is 25.9 Å². The lowest BCUT2D eigenvalue weighted by molar-refractivity contribution is -0.154. The van der Waals surface area contributed by atoms with Crippen LogP contribution in [0, 0.1) is 28.1 Å². The van der Waals surface area contributed by atoms with Crippen LogP contribution in [-0.2, 0) is 9.59 Å². The van der Waals surface area contributed by atoms with E-state index in [0.717, 1.165) is 12.8 Å². The monoisotopic (exact) mass is 290 g/mol. The van der Waals surface area contributed by atoms with E-state index in [1.165, 1.54) is 0 Å². The number of hydrogen-bond donors (Lipinski definition) is 1. The first-order valence-electron chi connectivity index (χ1n) is 7.42. The van der Waals surface area contributed by atoms with Crippen LogP contribution < -0.4 is 0 Å². The van der Waals surface area contributed by atoms with E-state index in [4.69, 9.17) is 0 Å². The highest BCUT2D eigenvalue weighted by molar-refractivity contribution is 5.86. The van der Waals surface area contributed by atoms with E-state index in [1.807, 2.05) is 12.2 Å². The minimum atomic E-state index is -0.963. The number of piperidine rings is 1. The first-order chi connectivity index (χ1) is 9.83. The smallest absolute Gasteiger partial charge is 0.309 e. The van der Waals surface area contributed by atoms with Gasteiger partial charge in [-0.05, 0) is 45.4 Å². The van der Waals surface area contributed by atoms with Gasteiger partial charge in [0, 0.05) is 13.1 Å². The number of carbonyl (C=O) groups excluding carboxylic acids is 1. The third kappa shape index (κ3) is 2.67. The lowest BCUT2D eigenvalue weighted by Gasteiger charge is -2.41. The molecule has 1 fully saturated rings. The van der Waals surface area contributed by atoms with E-state index in [9.17, 15) is 20.0 Å². The van der Waals surface area contributed by atoms with Gasteiger partial charge in [-0.3, -0.25) is 9.59 Å². The molecule has 5 nitrogen and oxygen atoms in total. The Kier molecular flexibility index (Phi) is 4.08. The van der Waals surface area contributed by atoms with Crippen molar-refractivity contribution in [1.82, 2.24) is 4.90 Å². The number of hydrogen-bond acceptors (Lipinski definition) is 3. The predicted molar refractivity (Wildman–Crippen MR) is 77.1 cm³/mol. The van der Waals surface area contributed by atoms with Gasteiger partial charge in [-0.25, -0.2) is 0 Å². The zero-order valence-corrected chi connectivity index (χ0v) is 12.6. The van der Waals surface area contributed by atoms with Crippen molar-refractivity contribution in [3.05, 3.63) is 12.2 Å². The number of nitriles is 1. The van der Waals surface area contributed by atoms with Gasteiger partial charge in [-0.15, -0.1) is 0 Å². The van der Waals surface area contributed by atoms with Crippen LogP contribution in [0.4, 0.5) is 0 Å². The number of allylic oxidation sites excluding steroid dienone is 2. The molecule has 0 aromatic carbocycles. The lowest BCUT2D eigenvalue weighted by atomic mass is 9.74. The number of carboxylic acids is 1. The summed E-state index contributed by atoms with van der Waals surface area (Å²) in [7, 11) is 0. The molecular weight excluding hydrogens is 268 g/mol. The maximum absolute atomic E-state index is 12.7. The molecule has 0 aromatic heterocycles. The van der Waals surface area contributed by atoms with Crippen LogP contribution in [-0.4, -0.2) is 35.0 Å². The van der Waals surface area contributed by atoms with Crippen LogP contribution in [0.15, 0.2) is 12.2 Å². The topological polar surface area (TPSA) is 81.4 Å². The first-order valence-corrected chi connectivity index (χ1v) is 7.42. The number of rotatable bonds is 3. The van der Waals surface area contributed by atoms with Crippen molar-refractivity contribution < 1.29 is 14.7 Å². The summed E-state index contributed by atoms with van der Waals surface area (Å²) in [4.78, 5) is 25.8. The number of nitrogens with zero attached hydrogens (tertiary/aromatic N) is 2. The van der Waals surface area contributed by atoms with Gasteiger partial charge in [0.05, 0.1) is 11.5 Å². The summed E-state index contributed by atoms with van der Waals surface area (Å²) in [5.41, 5.74) is -1.82. The molecule has 21 heavy (non-hydrogen) atoms. The van der Waals surface area contributed by atoms with Gasteiger partial charge >= 0.3 is 5.97 Å². The standard InChI is InChI=1S/C16H22N2O3/c1-15(2,14(20)21)12-6-5-9-18(10-12)13(19)16(11-17)7-3-4-8-16/h3-4,12H,5-10H2,1-2H3,(H,20,21). The van der Waals surface area contributed by atoms with Gasteiger partial charge in [0.15, 0.2) is 0 Å². The molecule has 1 unspecified atom stereocenters. The molecule has 1 N–H and O–H groups in total. The summed E-state index contributed by atoms with van der Waals surface area (Å²) in [6, 6.07) is 2.18. The third-order valence-electron chi connectivity index (χ3n) is 5.00. The molecule has 1 aliphatic carbocycles. The van der Waals surface area contributed by atoms with Crippen molar-refractivity contribution in [3.8, 4) is 6.07 Å². The van der Waals surface area contributed by atoms with E-state index in [2.05, 4.69) is 6.07 Å². The summed E-state index contributed by atoms with van der Waals surface area (Å²) in [5.74, 6) is -1.04. The zero-order chi connectivity index (χ0) is 15.7. The minimum Gasteiger partial charge on any atom is -0.481 e. The van der Waals surface area contributed by atoms with E-state index in [-0.39, 0.29) is 11.8 Å². The molecule has 1 saturated heterocycles. The van der Waals surface area contributed by atoms with Crippen LogP contribution >= 0.6 is 0 Å². The van der Waals surface area contributed by atoms with Crippen LogP contribution in [0.2, 0.25) is 0 Å². The van der Waals surface area contributed by atoms with Gasteiger partial charge in [-0.1, -0.05) is 12.2 Å².